The fraction of sp³-hybridized carbons (Fsp3) is 0.158. The summed E-state index contributed by atoms with van der Waals surface area (Å²) in [6.45, 7) is 0. The van der Waals surface area contributed by atoms with Crippen molar-refractivity contribution in [3.63, 3.8) is 0 Å². The standard InChI is InChI=1S/C19H17N3O2/c1-21-16(12-8-4-3-5-9-12)17(22(2)19(21)24)15-13-10-6-7-11-14(13)20-18(15)23/h3-11,15H,1-2H3,(H,20,23). The van der Waals surface area contributed by atoms with E-state index in [1.165, 1.54) is 0 Å². The van der Waals surface area contributed by atoms with Crippen molar-refractivity contribution in [2.24, 2.45) is 14.1 Å². The van der Waals surface area contributed by atoms with Crippen LogP contribution in [0.5, 0.6) is 0 Å². The SMILES string of the molecule is Cn1c(-c2ccccc2)c(C2C(=O)Nc3ccccc32)n(C)c1=O. The highest BCUT2D eigenvalue weighted by atomic mass is 16.2. The molecule has 1 aliphatic rings. The molecule has 0 spiro atoms. The lowest BCUT2D eigenvalue weighted by atomic mass is 9.93. The molecular weight excluding hydrogens is 302 g/mol. The van der Waals surface area contributed by atoms with E-state index < -0.39 is 5.92 Å². The second-order valence-corrected chi connectivity index (χ2v) is 6.01. The molecule has 120 valence electrons. The van der Waals surface area contributed by atoms with Crippen LogP contribution in [0.4, 0.5) is 5.69 Å². The third-order valence-corrected chi connectivity index (χ3v) is 4.63. The molecule has 1 amide bonds. The summed E-state index contributed by atoms with van der Waals surface area (Å²) in [7, 11) is 3.46. The molecule has 1 N–H and O–H groups in total. The number of fused-ring (bicyclic) bond motifs is 1. The molecule has 1 aromatic heterocycles. The lowest BCUT2D eigenvalue weighted by Gasteiger charge is -2.13. The van der Waals surface area contributed by atoms with Crippen LogP contribution in [-0.4, -0.2) is 15.0 Å². The van der Waals surface area contributed by atoms with E-state index in [9.17, 15) is 9.59 Å². The Hall–Kier alpha value is -3.08. The molecule has 2 heterocycles. The van der Waals surface area contributed by atoms with Gasteiger partial charge in [-0.3, -0.25) is 13.9 Å². The van der Waals surface area contributed by atoms with Crippen molar-refractivity contribution < 1.29 is 4.79 Å². The Labute approximate surface area is 139 Å². The predicted molar refractivity (Wildman–Crippen MR) is 93.0 cm³/mol. The Bertz CT molecular complexity index is 999. The zero-order valence-corrected chi connectivity index (χ0v) is 13.5. The van der Waals surface area contributed by atoms with Crippen molar-refractivity contribution in [3.8, 4) is 11.3 Å². The summed E-state index contributed by atoms with van der Waals surface area (Å²) in [5, 5.41) is 2.92. The van der Waals surface area contributed by atoms with E-state index in [0.29, 0.717) is 0 Å². The normalized spacial score (nSPS) is 16.1. The van der Waals surface area contributed by atoms with Crippen LogP contribution in [0, 0.1) is 0 Å². The number of amides is 1. The summed E-state index contributed by atoms with van der Waals surface area (Å²) in [6.07, 6.45) is 0. The number of nitrogens with one attached hydrogen (secondary N) is 1. The van der Waals surface area contributed by atoms with Crippen LogP contribution >= 0.6 is 0 Å². The Morgan fingerprint density at radius 3 is 2.29 bits per heavy atom. The van der Waals surface area contributed by atoms with Gasteiger partial charge in [-0.05, 0) is 11.6 Å². The maximum atomic E-state index is 12.7. The van der Waals surface area contributed by atoms with Crippen molar-refractivity contribution in [3.05, 3.63) is 76.3 Å². The molecule has 5 nitrogen and oxygen atoms in total. The van der Waals surface area contributed by atoms with Gasteiger partial charge in [0, 0.05) is 25.3 Å². The summed E-state index contributed by atoms with van der Waals surface area (Å²) in [5.41, 5.74) is 3.99. The number of para-hydroxylation sites is 1. The highest BCUT2D eigenvalue weighted by Crippen LogP contribution is 2.40. The van der Waals surface area contributed by atoms with E-state index >= 15 is 0 Å². The van der Waals surface area contributed by atoms with Gasteiger partial charge in [0.25, 0.3) is 0 Å². The Kier molecular flexibility index (Phi) is 3.16. The van der Waals surface area contributed by atoms with Gasteiger partial charge in [-0.15, -0.1) is 0 Å². The molecule has 1 aliphatic heterocycles. The number of rotatable bonds is 2. The van der Waals surface area contributed by atoms with Crippen molar-refractivity contribution in [2.45, 2.75) is 5.92 Å². The number of hydrogen-bond donors (Lipinski definition) is 1. The number of benzene rings is 2. The number of carbonyl (C=O) groups is 1. The third-order valence-electron chi connectivity index (χ3n) is 4.63. The minimum atomic E-state index is -0.490. The molecule has 2 aromatic carbocycles. The van der Waals surface area contributed by atoms with E-state index in [1.807, 2.05) is 54.6 Å². The van der Waals surface area contributed by atoms with Crippen molar-refractivity contribution in [1.82, 2.24) is 9.13 Å². The zero-order chi connectivity index (χ0) is 16.8. The van der Waals surface area contributed by atoms with Crippen molar-refractivity contribution in [2.75, 3.05) is 5.32 Å². The molecule has 0 bridgehead atoms. The molecular formula is C19H17N3O2. The first-order chi connectivity index (χ1) is 11.6. The van der Waals surface area contributed by atoms with Gasteiger partial charge in [-0.1, -0.05) is 48.5 Å². The Balaban J connectivity index is 2.02. The van der Waals surface area contributed by atoms with Crippen LogP contribution in [0.1, 0.15) is 17.2 Å². The van der Waals surface area contributed by atoms with Gasteiger partial charge < -0.3 is 5.32 Å². The quantitative estimate of drug-likeness (QED) is 0.789. The molecule has 0 saturated heterocycles. The first kappa shape index (κ1) is 14.5. The number of aromatic nitrogens is 2. The maximum absolute atomic E-state index is 12.7. The lowest BCUT2D eigenvalue weighted by molar-refractivity contribution is -0.116. The predicted octanol–water partition coefficient (Wildman–Crippen LogP) is 2.47. The first-order valence-corrected chi connectivity index (χ1v) is 7.80. The monoisotopic (exact) mass is 319 g/mol. The van der Waals surface area contributed by atoms with Crippen molar-refractivity contribution in [1.29, 1.82) is 0 Å². The van der Waals surface area contributed by atoms with Gasteiger partial charge in [0.2, 0.25) is 5.91 Å². The minimum Gasteiger partial charge on any atom is -0.325 e. The number of carbonyl (C=O) groups excluding carboxylic acids is 1. The fourth-order valence-electron chi connectivity index (χ4n) is 3.50. The third kappa shape index (κ3) is 1.94. The summed E-state index contributed by atoms with van der Waals surface area (Å²) in [4.78, 5) is 25.2. The largest absolute Gasteiger partial charge is 0.328 e. The summed E-state index contributed by atoms with van der Waals surface area (Å²) < 4.78 is 3.19. The van der Waals surface area contributed by atoms with E-state index in [-0.39, 0.29) is 11.6 Å². The smallest absolute Gasteiger partial charge is 0.325 e. The highest BCUT2D eigenvalue weighted by Gasteiger charge is 2.37. The summed E-state index contributed by atoms with van der Waals surface area (Å²) in [6, 6.07) is 17.3. The van der Waals surface area contributed by atoms with Crippen LogP contribution in [0.15, 0.2) is 59.4 Å². The molecule has 3 aromatic rings. The number of imidazole rings is 1. The molecule has 1 atom stereocenters. The lowest BCUT2D eigenvalue weighted by Crippen LogP contribution is -2.22. The molecule has 5 heteroatoms. The molecule has 4 rings (SSSR count). The van der Waals surface area contributed by atoms with Gasteiger partial charge in [-0.2, -0.15) is 0 Å². The Morgan fingerprint density at radius 1 is 0.875 bits per heavy atom. The van der Waals surface area contributed by atoms with E-state index in [1.54, 1.807) is 23.2 Å². The van der Waals surface area contributed by atoms with Crippen LogP contribution in [0.2, 0.25) is 0 Å². The molecule has 1 unspecified atom stereocenters. The molecule has 0 saturated carbocycles. The average molecular weight is 319 g/mol. The average Bonchev–Trinajstić information content (AvgIpc) is 3.04. The van der Waals surface area contributed by atoms with Crippen LogP contribution in [-0.2, 0) is 18.9 Å². The van der Waals surface area contributed by atoms with Gasteiger partial charge in [0.15, 0.2) is 0 Å². The molecule has 0 aliphatic carbocycles. The molecule has 0 fully saturated rings. The highest BCUT2D eigenvalue weighted by molar-refractivity contribution is 6.05. The number of anilines is 1. The zero-order valence-electron chi connectivity index (χ0n) is 13.5. The van der Waals surface area contributed by atoms with Gasteiger partial charge >= 0.3 is 5.69 Å². The summed E-state index contributed by atoms with van der Waals surface area (Å²) >= 11 is 0. The first-order valence-electron chi connectivity index (χ1n) is 7.80. The van der Waals surface area contributed by atoms with Crippen LogP contribution < -0.4 is 11.0 Å². The second-order valence-electron chi connectivity index (χ2n) is 6.01. The maximum Gasteiger partial charge on any atom is 0.328 e. The van der Waals surface area contributed by atoms with E-state index in [4.69, 9.17) is 0 Å². The summed E-state index contributed by atoms with van der Waals surface area (Å²) in [5.74, 6) is -0.593. The van der Waals surface area contributed by atoms with Crippen molar-refractivity contribution >= 4 is 11.6 Å². The van der Waals surface area contributed by atoms with Crippen LogP contribution in [0.25, 0.3) is 11.3 Å². The topological polar surface area (TPSA) is 56.0 Å². The number of nitrogens with zero attached hydrogens (tertiary/aromatic N) is 2. The van der Waals surface area contributed by atoms with Gasteiger partial charge in [-0.25, -0.2) is 4.79 Å². The molecule has 24 heavy (non-hydrogen) atoms. The van der Waals surface area contributed by atoms with E-state index in [2.05, 4.69) is 5.32 Å². The fourth-order valence-corrected chi connectivity index (χ4v) is 3.50. The second kappa shape index (κ2) is 5.23. The van der Waals surface area contributed by atoms with Gasteiger partial charge in [0.1, 0.15) is 5.92 Å². The number of hydrogen-bond acceptors (Lipinski definition) is 2. The van der Waals surface area contributed by atoms with Gasteiger partial charge in [0.05, 0.1) is 11.4 Å². The Morgan fingerprint density at radius 2 is 1.54 bits per heavy atom. The van der Waals surface area contributed by atoms with Crippen LogP contribution in [0.3, 0.4) is 0 Å². The molecule has 0 radical (unpaired) electrons. The van der Waals surface area contributed by atoms with E-state index in [0.717, 1.165) is 28.2 Å². The minimum absolute atomic E-state index is 0.102.